The number of amides is 1. The fourth-order valence-electron chi connectivity index (χ4n) is 4.80. The Morgan fingerprint density at radius 1 is 1.12 bits per heavy atom. The highest BCUT2D eigenvalue weighted by molar-refractivity contribution is 7.13. The predicted molar refractivity (Wildman–Crippen MR) is 133 cm³/mol. The normalized spacial score (nSPS) is 20.4. The molecule has 0 radical (unpaired) electrons. The topological polar surface area (TPSA) is 98.0 Å². The smallest absolute Gasteiger partial charge is 0.419 e. The van der Waals surface area contributed by atoms with E-state index >= 15 is 0 Å². The van der Waals surface area contributed by atoms with E-state index < -0.39 is 41.4 Å². The van der Waals surface area contributed by atoms with Crippen LogP contribution in [-0.4, -0.2) is 69.8 Å². The third kappa shape index (κ3) is 5.23. The van der Waals surface area contributed by atoms with Gasteiger partial charge in [-0.15, -0.1) is 11.3 Å². The van der Waals surface area contributed by atoms with Gasteiger partial charge >= 0.3 is 18.4 Å². The summed E-state index contributed by atoms with van der Waals surface area (Å²) in [4.78, 5) is 35.7. The van der Waals surface area contributed by atoms with Crippen LogP contribution < -0.4 is 4.90 Å². The van der Waals surface area contributed by atoms with E-state index in [9.17, 15) is 31.5 Å². The van der Waals surface area contributed by atoms with E-state index in [1.54, 1.807) is 36.0 Å². The number of carbonyl (C=O) groups excluding carboxylic acids is 2. The molecule has 2 aromatic heterocycles. The maximum absolute atomic E-state index is 14.1. The van der Waals surface area contributed by atoms with E-state index in [4.69, 9.17) is 9.15 Å². The Morgan fingerprint density at radius 3 is 2.35 bits per heavy atom. The molecule has 1 amide bonds. The summed E-state index contributed by atoms with van der Waals surface area (Å²) < 4.78 is 85.9. The highest BCUT2D eigenvalue weighted by atomic mass is 32.1. The van der Waals surface area contributed by atoms with E-state index in [1.165, 1.54) is 23.6 Å². The van der Waals surface area contributed by atoms with E-state index in [0.717, 1.165) is 6.07 Å². The molecule has 3 aliphatic heterocycles. The highest BCUT2D eigenvalue weighted by Crippen LogP contribution is 2.45. The number of hydrogen-bond donors (Lipinski definition) is 0. The number of nitrogens with zero attached hydrogens (tertiary/aromatic N) is 4. The van der Waals surface area contributed by atoms with Gasteiger partial charge in [-0.25, -0.2) is 9.78 Å². The fraction of sp³-hybridized carbons (Fsp3) is 0.520. The zero-order valence-corrected chi connectivity index (χ0v) is 22.6. The summed E-state index contributed by atoms with van der Waals surface area (Å²) in [7, 11) is 0. The molecule has 3 unspecified atom stereocenters. The Hall–Kier alpha value is -3.33. The summed E-state index contributed by atoms with van der Waals surface area (Å²) in [6, 6.07) is 1.72. The van der Waals surface area contributed by atoms with Crippen LogP contribution in [0.5, 0.6) is 0 Å². The van der Waals surface area contributed by atoms with Crippen LogP contribution in [-0.2, 0) is 14.3 Å². The molecule has 3 aliphatic rings. The van der Waals surface area contributed by atoms with E-state index in [2.05, 4.69) is 14.7 Å². The molecule has 0 aliphatic carbocycles. The summed E-state index contributed by atoms with van der Waals surface area (Å²) in [6.45, 7) is 6.25. The molecule has 5 heterocycles. The number of fused-ring (bicyclic) bond motifs is 3. The first-order valence-corrected chi connectivity index (χ1v) is 13.2. The van der Waals surface area contributed by atoms with Gasteiger partial charge in [0.2, 0.25) is 5.78 Å². The molecule has 3 atom stereocenters. The summed E-state index contributed by atoms with van der Waals surface area (Å²) in [6.07, 6.45) is -11.4. The number of oxazole rings is 1. The molecule has 9 nitrogen and oxygen atoms in total. The van der Waals surface area contributed by atoms with Gasteiger partial charge in [0.1, 0.15) is 16.1 Å². The maximum Gasteiger partial charge on any atom is 0.419 e. The van der Waals surface area contributed by atoms with Crippen molar-refractivity contribution in [2.24, 2.45) is 0 Å². The van der Waals surface area contributed by atoms with Crippen molar-refractivity contribution in [3.8, 4) is 10.6 Å². The van der Waals surface area contributed by atoms with Gasteiger partial charge < -0.3 is 14.1 Å². The van der Waals surface area contributed by atoms with Gasteiger partial charge in [0.15, 0.2) is 11.7 Å². The number of ketones is 1. The van der Waals surface area contributed by atoms with Crippen LogP contribution in [0, 0.1) is 0 Å². The minimum Gasteiger partial charge on any atom is -0.444 e. The monoisotopic (exact) mass is 588 g/mol. The molecule has 3 saturated heterocycles. The molecule has 0 N–H and O–H groups in total. The molecular weight excluding hydrogens is 563 g/mol. The number of rotatable bonds is 6. The lowest BCUT2D eigenvalue weighted by Gasteiger charge is -2.55. The quantitative estimate of drug-likeness (QED) is 0.326. The number of Topliss-reactive ketones (excluding diaryl/α,β-unsaturated/α-hetero) is 1. The van der Waals surface area contributed by atoms with Crippen LogP contribution in [0.4, 0.5) is 32.8 Å². The minimum atomic E-state index is -5.31. The number of halogens is 5. The lowest BCUT2D eigenvalue weighted by molar-refractivity contribution is -0.312. The number of ether oxygens (including phenoxy) is 2. The summed E-state index contributed by atoms with van der Waals surface area (Å²) >= 11 is 1.20. The van der Waals surface area contributed by atoms with Crippen LogP contribution in [0.25, 0.3) is 21.7 Å². The molecule has 2 bridgehead atoms. The summed E-state index contributed by atoms with van der Waals surface area (Å²) in [5, 5.41) is 2.07. The average molecular weight is 589 g/mol. The molecule has 15 heteroatoms. The van der Waals surface area contributed by atoms with Gasteiger partial charge in [-0.2, -0.15) is 26.9 Å². The van der Waals surface area contributed by atoms with E-state index in [1.807, 2.05) is 0 Å². The Kier molecular flexibility index (Phi) is 6.80. The fourth-order valence-corrected chi connectivity index (χ4v) is 5.46. The lowest BCUT2D eigenvalue weighted by Crippen LogP contribution is -2.70. The SMILES string of the molecule is CC(=O)C(F)(F)OC(c1ccc(-c2nccs2)c2oc(N3CC4CC(C3)N4C(=O)OC(C)(C)C)nc12)C(F)(F)F. The Bertz CT molecular complexity index is 1420. The van der Waals surface area contributed by atoms with Gasteiger partial charge in [0.05, 0.1) is 17.6 Å². The summed E-state index contributed by atoms with van der Waals surface area (Å²) in [5.41, 5.74) is -1.57. The second-order valence-electron chi connectivity index (χ2n) is 10.7. The van der Waals surface area contributed by atoms with Gasteiger partial charge in [0, 0.05) is 37.2 Å². The number of carbonyl (C=O) groups is 2. The van der Waals surface area contributed by atoms with Crippen LogP contribution in [0.1, 0.15) is 45.8 Å². The predicted octanol–water partition coefficient (Wildman–Crippen LogP) is 5.95. The second-order valence-corrected chi connectivity index (χ2v) is 11.6. The molecule has 216 valence electrons. The number of thiazole rings is 1. The number of anilines is 1. The second kappa shape index (κ2) is 9.65. The van der Waals surface area contributed by atoms with E-state index in [0.29, 0.717) is 23.9 Å². The van der Waals surface area contributed by atoms with Crippen molar-refractivity contribution in [1.29, 1.82) is 0 Å². The zero-order chi connectivity index (χ0) is 29.2. The van der Waals surface area contributed by atoms with E-state index in [-0.39, 0.29) is 42.3 Å². The zero-order valence-electron chi connectivity index (χ0n) is 21.8. The van der Waals surface area contributed by atoms with Crippen LogP contribution in [0.3, 0.4) is 0 Å². The molecule has 0 spiro atoms. The van der Waals surface area contributed by atoms with Crippen molar-refractivity contribution < 1.29 is 45.4 Å². The number of aromatic nitrogens is 2. The number of alkyl halides is 5. The van der Waals surface area contributed by atoms with Crippen molar-refractivity contribution >= 4 is 40.3 Å². The van der Waals surface area contributed by atoms with Crippen LogP contribution in [0.15, 0.2) is 28.1 Å². The molecule has 6 rings (SSSR count). The highest BCUT2D eigenvalue weighted by Gasteiger charge is 2.52. The third-order valence-electron chi connectivity index (χ3n) is 6.55. The number of benzene rings is 1. The molecule has 3 aromatic rings. The first-order chi connectivity index (χ1) is 18.5. The molecule has 40 heavy (non-hydrogen) atoms. The van der Waals surface area contributed by atoms with Crippen molar-refractivity contribution in [1.82, 2.24) is 14.9 Å². The molecule has 1 aromatic carbocycles. The van der Waals surface area contributed by atoms with Gasteiger partial charge in [-0.3, -0.25) is 14.4 Å². The van der Waals surface area contributed by atoms with Crippen molar-refractivity contribution in [3.05, 3.63) is 29.3 Å². The Balaban J connectivity index is 1.53. The number of hydrogen-bond acceptors (Lipinski definition) is 9. The van der Waals surface area contributed by atoms with Crippen LogP contribution >= 0.6 is 11.3 Å². The lowest BCUT2D eigenvalue weighted by atomic mass is 9.88. The molecule has 3 fully saturated rings. The first kappa shape index (κ1) is 28.2. The van der Waals surface area contributed by atoms with Gasteiger partial charge in [-0.05, 0) is 33.3 Å². The molecule has 0 saturated carbocycles. The van der Waals surface area contributed by atoms with Gasteiger partial charge in [0.25, 0.3) is 6.01 Å². The number of piperidine rings is 1. The molecular formula is C25H25F5N4O5S. The minimum absolute atomic E-state index is 0.0435. The first-order valence-electron chi connectivity index (χ1n) is 12.3. The maximum atomic E-state index is 14.1. The Labute approximate surface area is 228 Å². The standard InChI is InChI=1S/C25H25F5N4O5S/c1-12(35)25(29,30)38-19(24(26,27)28)15-5-6-16(20-31-7-8-40-20)18-17(15)32-21(37-18)33-10-13-9-14(11-33)34(13)22(36)39-23(2,3)4/h5-8,13-14,19H,9-11H2,1-4H3. The largest absolute Gasteiger partial charge is 0.444 e. The number of piperazine rings is 1. The van der Waals surface area contributed by atoms with Gasteiger partial charge in [-0.1, -0.05) is 6.07 Å². The summed E-state index contributed by atoms with van der Waals surface area (Å²) in [5.74, 6) is -1.87. The van der Waals surface area contributed by atoms with Crippen LogP contribution in [0.2, 0.25) is 0 Å². The third-order valence-corrected chi connectivity index (χ3v) is 7.36. The Morgan fingerprint density at radius 2 is 1.80 bits per heavy atom. The van der Waals surface area contributed by atoms with Crippen molar-refractivity contribution in [2.75, 3.05) is 18.0 Å². The van der Waals surface area contributed by atoms with Crippen molar-refractivity contribution in [3.63, 3.8) is 0 Å². The van der Waals surface area contributed by atoms with Crippen molar-refractivity contribution in [2.45, 2.75) is 70.2 Å². The average Bonchev–Trinajstić information content (AvgIpc) is 3.51.